The number of amides is 1. The van der Waals surface area contributed by atoms with E-state index in [0.29, 0.717) is 26.6 Å². The SMILES string of the molecule is CCCC(=O)Nc1ccc2occ(I)c(=O)c2c1. The van der Waals surface area contributed by atoms with E-state index in [2.05, 4.69) is 5.32 Å². The third kappa shape index (κ3) is 2.72. The minimum atomic E-state index is -0.0801. The van der Waals surface area contributed by atoms with Crippen molar-refractivity contribution < 1.29 is 9.21 Å². The zero-order valence-corrected chi connectivity index (χ0v) is 12.0. The highest BCUT2D eigenvalue weighted by molar-refractivity contribution is 14.1. The molecule has 1 aromatic carbocycles. The maximum absolute atomic E-state index is 11.9. The van der Waals surface area contributed by atoms with Gasteiger partial charge in [0, 0.05) is 12.1 Å². The van der Waals surface area contributed by atoms with Gasteiger partial charge in [0.15, 0.2) is 0 Å². The lowest BCUT2D eigenvalue weighted by atomic mass is 10.2. The van der Waals surface area contributed by atoms with E-state index in [0.717, 1.165) is 6.42 Å². The number of hydrogen-bond acceptors (Lipinski definition) is 3. The van der Waals surface area contributed by atoms with Crippen molar-refractivity contribution in [2.24, 2.45) is 0 Å². The molecule has 94 valence electrons. The topological polar surface area (TPSA) is 59.3 Å². The molecule has 0 aliphatic carbocycles. The van der Waals surface area contributed by atoms with Gasteiger partial charge in [-0.05, 0) is 47.2 Å². The highest BCUT2D eigenvalue weighted by Gasteiger charge is 2.07. The molecule has 0 unspecified atom stereocenters. The molecular formula is C13H12INO3. The monoisotopic (exact) mass is 357 g/mol. The summed E-state index contributed by atoms with van der Waals surface area (Å²) in [7, 11) is 0. The number of hydrogen-bond donors (Lipinski definition) is 1. The molecule has 4 nitrogen and oxygen atoms in total. The highest BCUT2D eigenvalue weighted by Crippen LogP contribution is 2.18. The first-order chi connectivity index (χ1) is 8.61. The van der Waals surface area contributed by atoms with Crippen LogP contribution in [0, 0.1) is 3.57 Å². The largest absolute Gasteiger partial charge is 0.463 e. The normalized spacial score (nSPS) is 10.6. The number of nitrogens with one attached hydrogen (secondary N) is 1. The Labute approximate surface area is 118 Å². The molecule has 0 aliphatic heterocycles. The molecule has 5 heteroatoms. The molecule has 0 saturated carbocycles. The zero-order valence-electron chi connectivity index (χ0n) is 9.83. The first kappa shape index (κ1) is 13.1. The summed E-state index contributed by atoms with van der Waals surface area (Å²) in [5, 5.41) is 3.24. The lowest BCUT2D eigenvalue weighted by molar-refractivity contribution is -0.116. The van der Waals surface area contributed by atoms with Crippen LogP contribution in [0.25, 0.3) is 11.0 Å². The van der Waals surface area contributed by atoms with Crippen LogP contribution < -0.4 is 10.7 Å². The van der Waals surface area contributed by atoms with Crippen LogP contribution in [0.1, 0.15) is 19.8 Å². The zero-order chi connectivity index (χ0) is 13.1. The Morgan fingerprint density at radius 1 is 1.44 bits per heavy atom. The van der Waals surface area contributed by atoms with E-state index in [1.807, 2.05) is 29.5 Å². The van der Waals surface area contributed by atoms with Crippen molar-refractivity contribution in [3.05, 3.63) is 38.3 Å². The predicted molar refractivity (Wildman–Crippen MR) is 78.7 cm³/mol. The fourth-order valence-electron chi connectivity index (χ4n) is 1.64. The van der Waals surface area contributed by atoms with Gasteiger partial charge in [-0.25, -0.2) is 0 Å². The Morgan fingerprint density at radius 3 is 2.94 bits per heavy atom. The van der Waals surface area contributed by atoms with Crippen LogP contribution in [0.15, 0.2) is 33.7 Å². The Hall–Kier alpha value is -1.37. The van der Waals surface area contributed by atoms with Crippen molar-refractivity contribution >= 4 is 45.2 Å². The van der Waals surface area contributed by atoms with Gasteiger partial charge < -0.3 is 9.73 Å². The van der Waals surface area contributed by atoms with E-state index in [1.54, 1.807) is 18.2 Å². The molecule has 0 spiro atoms. The standard InChI is InChI=1S/C13H12INO3/c1-2-3-12(16)15-8-4-5-11-9(6-8)13(17)10(14)7-18-11/h4-7H,2-3H2,1H3,(H,15,16). The summed E-state index contributed by atoms with van der Waals surface area (Å²) in [4.78, 5) is 23.4. The summed E-state index contributed by atoms with van der Waals surface area (Å²) in [5.74, 6) is -0.0492. The molecule has 0 radical (unpaired) electrons. The molecule has 0 bridgehead atoms. The quantitative estimate of drug-likeness (QED) is 0.859. The van der Waals surface area contributed by atoms with Gasteiger partial charge in [-0.15, -0.1) is 0 Å². The minimum absolute atomic E-state index is 0.0492. The lowest BCUT2D eigenvalue weighted by Crippen LogP contribution is -2.11. The van der Waals surface area contributed by atoms with Gasteiger partial charge in [-0.2, -0.15) is 0 Å². The van der Waals surface area contributed by atoms with Crippen LogP contribution in [-0.2, 0) is 4.79 Å². The number of rotatable bonds is 3. The molecule has 1 amide bonds. The molecule has 18 heavy (non-hydrogen) atoms. The summed E-state index contributed by atoms with van der Waals surface area (Å²) >= 11 is 1.93. The van der Waals surface area contributed by atoms with Gasteiger partial charge in [0.05, 0.1) is 8.96 Å². The predicted octanol–water partition coefficient (Wildman–Crippen LogP) is 3.14. The number of carbonyl (C=O) groups excluding carboxylic acids is 1. The number of anilines is 1. The average Bonchev–Trinajstić information content (AvgIpc) is 2.35. The Kier molecular flexibility index (Phi) is 4.00. The first-order valence-electron chi connectivity index (χ1n) is 5.62. The summed E-state index contributed by atoms with van der Waals surface area (Å²) < 4.78 is 5.84. The van der Waals surface area contributed by atoms with E-state index in [1.165, 1.54) is 6.26 Å². The van der Waals surface area contributed by atoms with Gasteiger partial charge in [0.25, 0.3) is 0 Å². The van der Waals surface area contributed by atoms with Crippen molar-refractivity contribution in [2.75, 3.05) is 5.32 Å². The summed E-state index contributed by atoms with van der Waals surface area (Å²) in [6.07, 6.45) is 2.69. The van der Waals surface area contributed by atoms with E-state index < -0.39 is 0 Å². The Morgan fingerprint density at radius 2 is 2.22 bits per heavy atom. The molecule has 2 aromatic rings. The third-order valence-corrected chi connectivity index (χ3v) is 3.24. The van der Waals surface area contributed by atoms with Crippen LogP contribution >= 0.6 is 22.6 Å². The van der Waals surface area contributed by atoms with E-state index in [-0.39, 0.29) is 11.3 Å². The van der Waals surface area contributed by atoms with Crippen molar-refractivity contribution in [2.45, 2.75) is 19.8 Å². The number of benzene rings is 1. The van der Waals surface area contributed by atoms with E-state index in [4.69, 9.17) is 4.42 Å². The molecule has 0 atom stereocenters. The van der Waals surface area contributed by atoms with Gasteiger partial charge in [0.1, 0.15) is 11.8 Å². The molecule has 1 N–H and O–H groups in total. The summed E-state index contributed by atoms with van der Waals surface area (Å²) in [6, 6.07) is 5.07. The van der Waals surface area contributed by atoms with Gasteiger partial charge >= 0.3 is 0 Å². The van der Waals surface area contributed by atoms with Crippen LogP contribution in [0.2, 0.25) is 0 Å². The van der Waals surface area contributed by atoms with Crippen LogP contribution in [-0.4, -0.2) is 5.91 Å². The molecular weight excluding hydrogens is 345 g/mol. The summed E-state index contributed by atoms with van der Waals surface area (Å²) in [5.41, 5.74) is 1.06. The summed E-state index contributed by atoms with van der Waals surface area (Å²) in [6.45, 7) is 1.94. The minimum Gasteiger partial charge on any atom is -0.463 e. The molecule has 0 aliphatic rings. The maximum atomic E-state index is 11.9. The smallest absolute Gasteiger partial charge is 0.224 e. The van der Waals surface area contributed by atoms with Crippen LogP contribution in [0.3, 0.4) is 0 Å². The Balaban J connectivity index is 2.40. The van der Waals surface area contributed by atoms with E-state index >= 15 is 0 Å². The van der Waals surface area contributed by atoms with Crippen LogP contribution in [0.4, 0.5) is 5.69 Å². The number of carbonyl (C=O) groups is 1. The average molecular weight is 357 g/mol. The Bertz CT molecular complexity index is 648. The van der Waals surface area contributed by atoms with Crippen molar-refractivity contribution in [1.82, 2.24) is 0 Å². The van der Waals surface area contributed by atoms with Gasteiger partial charge in [0.2, 0.25) is 11.3 Å². The maximum Gasteiger partial charge on any atom is 0.224 e. The van der Waals surface area contributed by atoms with Crippen molar-refractivity contribution in [3.63, 3.8) is 0 Å². The van der Waals surface area contributed by atoms with Crippen molar-refractivity contribution in [3.8, 4) is 0 Å². The molecule has 2 rings (SSSR count). The van der Waals surface area contributed by atoms with Crippen LogP contribution in [0.5, 0.6) is 0 Å². The molecule has 1 aromatic heterocycles. The highest BCUT2D eigenvalue weighted by atomic mass is 127. The molecule has 0 fully saturated rings. The fourth-order valence-corrected chi connectivity index (χ4v) is 2.05. The second-order valence-corrected chi connectivity index (χ2v) is 5.08. The first-order valence-corrected chi connectivity index (χ1v) is 6.70. The second-order valence-electron chi connectivity index (χ2n) is 3.92. The number of halogens is 1. The molecule has 1 heterocycles. The lowest BCUT2D eigenvalue weighted by Gasteiger charge is -2.05. The third-order valence-electron chi connectivity index (χ3n) is 2.49. The molecule has 0 saturated heterocycles. The van der Waals surface area contributed by atoms with Gasteiger partial charge in [-0.1, -0.05) is 6.92 Å². The van der Waals surface area contributed by atoms with Crippen molar-refractivity contribution in [1.29, 1.82) is 0 Å². The number of fused-ring (bicyclic) bond motifs is 1. The van der Waals surface area contributed by atoms with E-state index in [9.17, 15) is 9.59 Å². The fraction of sp³-hybridized carbons (Fsp3) is 0.231. The van der Waals surface area contributed by atoms with Gasteiger partial charge in [-0.3, -0.25) is 9.59 Å². The second kappa shape index (κ2) is 5.51.